The number of nitrogens with one attached hydrogen (secondary N) is 2. The summed E-state index contributed by atoms with van der Waals surface area (Å²) in [6.07, 6.45) is 0.606. The average Bonchev–Trinajstić information content (AvgIpc) is 2.62. The molecule has 0 spiro atoms. The zero-order chi connectivity index (χ0) is 14.8. The molecule has 0 amide bonds. The van der Waals surface area contributed by atoms with Crippen molar-refractivity contribution in [1.29, 1.82) is 0 Å². The van der Waals surface area contributed by atoms with Crippen molar-refractivity contribution in [3.63, 3.8) is 0 Å². The minimum atomic E-state index is -3.58. The van der Waals surface area contributed by atoms with Crippen LogP contribution in [0.4, 0.5) is 0 Å². The number of hydrogen-bond donors (Lipinski definition) is 2. The molecule has 0 bridgehead atoms. The average molecular weight is 302 g/mol. The summed E-state index contributed by atoms with van der Waals surface area (Å²) in [6, 6.07) is 0. The number of ether oxygens (including phenoxy) is 1. The number of sulfonamides is 1. The predicted octanol–water partition coefficient (Wildman–Crippen LogP) is 0.237. The maximum Gasteiger partial charge on any atom is 0.262 e. The van der Waals surface area contributed by atoms with Crippen LogP contribution in [0.15, 0.2) is 5.03 Å². The molecule has 0 saturated carbocycles. The SMILES string of the molecule is CNCc1c(S(=O)(=O)N2CCCOC(C)C2)n[nH]c1C. The summed E-state index contributed by atoms with van der Waals surface area (Å²) in [7, 11) is -1.80. The lowest BCUT2D eigenvalue weighted by molar-refractivity contribution is 0.0751. The Bertz CT molecular complexity index is 555. The van der Waals surface area contributed by atoms with Crippen LogP contribution in [-0.4, -0.2) is 55.8 Å². The number of nitrogens with zero attached hydrogens (tertiary/aromatic N) is 2. The molecule has 1 aliphatic rings. The molecule has 1 aromatic heterocycles. The van der Waals surface area contributed by atoms with Gasteiger partial charge in [-0.2, -0.15) is 9.40 Å². The van der Waals surface area contributed by atoms with Crippen LogP contribution in [0, 0.1) is 6.92 Å². The lowest BCUT2D eigenvalue weighted by Crippen LogP contribution is -2.36. The Morgan fingerprint density at radius 2 is 2.30 bits per heavy atom. The van der Waals surface area contributed by atoms with Crippen molar-refractivity contribution >= 4 is 10.0 Å². The summed E-state index contributed by atoms with van der Waals surface area (Å²) in [5, 5.41) is 9.87. The van der Waals surface area contributed by atoms with Crippen molar-refractivity contribution in [1.82, 2.24) is 19.8 Å². The fourth-order valence-corrected chi connectivity index (χ4v) is 4.04. The third-order valence-electron chi connectivity index (χ3n) is 3.39. The van der Waals surface area contributed by atoms with Crippen molar-refractivity contribution in [2.24, 2.45) is 0 Å². The van der Waals surface area contributed by atoms with Crippen molar-refractivity contribution in [3.05, 3.63) is 11.3 Å². The van der Waals surface area contributed by atoms with Gasteiger partial charge in [-0.25, -0.2) is 8.42 Å². The highest BCUT2D eigenvalue weighted by Gasteiger charge is 2.32. The molecule has 1 fully saturated rings. The second-order valence-electron chi connectivity index (χ2n) is 5.06. The molecule has 2 N–H and O–H groups in total. The molecule has 114 valence electrons. The molecule has 1 aromatic rings. The van der Waals surface area contributed by atoms with Gasteiger partial charge < -0.3 is 10.1 Å². The molecular formula is C12H22N4O3S. The van der Waals surface area contributed by atoms with Crippen molar-refractivity contribution in [2.45, 2.75) is 37.9 Å². The van der Waals surface area contributed by atoms with Gasteiger partial charge in [0, 0.05) is 37.5 Å². The first kappa shape index (κ1) is 15.4. The van der Waals surface area contributed by atoms with E-state index in [4.69, 9.17) is 4.74 Å². The van der Waals surface area contributed by atoms with Crippen molar-refractivity contribution in [3.8, 4) is 0 Å². The first-order chi connectivity index (χ1) is 9.46. The highest BCUT2D eigenvalue weighted by Crippen LogP contribution is 2.22. The van der Waals surface area contributed by atoms with Crippen LogP contribution in [0.5, 0.6) is 0 Å². The standard InChI is InChI=1S/C12H22N4O3S/c1-9-8-16(5-4-6-19-9)20(17,18)12-11(7-13-3)10(2)14-15-12/h9,13H,4-8H2,1-3H3,(H,14,15). The molecule has 7 nitrogen and oxygen atoms in total. The lowest BCUT2D eigenvalue weighted by atomic mass is 10.3. The van der Waals surface area contributed by atoms with E-state index in [1.54, 1.807) is 7.05 Å². The fourth-order valence-electron chi connectivity index (χ4n) is 2.33. The molecule has 1 aliphatic heterocycles. The smallest absolute Gasteiger partial charge is 0.262 e. The topological polar surface area (TPSA) is 87.3 Å². The van der Waals surface area contributed by atoms with Gasteiger partial charge in [0.25, 0.3) is 10.0 Å². The monoisotopic (exact) mass is 302 g/mol. The van der Waals surface area contributed by atoms with Crippen LogP contribution in [0.25, 0.3) is 0 Å². The normalized spacial score (nSPS) is 21.9. The number of hydrogen-bond acceptors (Lipinski definition) is 5. The van der Waals surface area contributed by atoms with Gasteiger partial charge >= 0.3 is 0 Å². The van der Waals surface area contributed by atoms with E-state index in [-0.39, 0.29) is 11.1 Å². The van der Waals surface area contributed by atoms with Gasteiger partial charge in [0.2, 0.25) is 0 Å². The second-order valence-corrected chi connectivity index (χ2v) is 6.91. The summed E-state index contributed by atoms with van der Waals surface area (Å²) >= 11 is 0. The quantitative estimate of drug-likeness (QED) is 0.832. The largest absolute Gasteiger partial charge is 0.377 e. The van der Waals surface area contributed by atoms with Crippen molar-refractivity contribution < 1.29 is 13.2 Å². The predicted molar refractivity (Wildman–Crippen MR) is 74.9 cm³/mol. The summed E-state index contributed by atoms with van der Waals surface area (Å²) in [4.78, 5) is 0. The summed E-state index contributed by atoms with van der Waals surface area (Å²) in [5.74, 6) is 0. The Balaban J connectivity index is 2.34. The van der Waals surface area contributed by atoms with E-state index in [1.807, 2.05) is 13.8 Å². The molecule has 1 unspecified atom stereocenters. The highest BCUT2D eigenvalue weighted by molar-refractivity contribution is 7.89. The van der Waals surface area contributed by atoms with Crippen LogP contribution in [0.1, 0.15) is 24.6 Å². The molecule has 1 atom stereocenters. The zero-order valence-electron chi connectivity index (χ0n) is 12.1. The van der Waals surface area contributed by atoms with Gasteiger partial charge in [0.1, 0.15) is 0 Å². The third kappa shape index (κ3) is 3.03. The van der Waals surface area contributed by atoms with E-state index in [1.165, 1.54) is 4.31 Å². The first-order valence-electron chi connectivity index (χ1n) is 6.77. The third-order valence-corrected chi connectivity index (χ3v) is 5.23. The van der Waals surface area contributed by atoms with Crippen LogP contribution >= 0.6 is 0 Å². The Morgan fingerprint density at radius 1 is 1.55 bits per heavy atom. The highest BCUT2D eigenvalue weighted by atomic mass is 32.2. The Kier molecular flexibility index (Phi) is 4.79. The van der Waals surface area contributed by atoms with E-state index >= 15 is 0 Å². The molecule has 2 heterocycles. The maximum atomic E-state index is 12.8. The molecular weight excluding hydrogens is 280 g/mol. The Morgan fingerprint density at radius 3 is 3.00 bits per heavy atom. The van der Waals surface area contributed by atoms with E-state index in [0.29, 0.717) is 38.2 Å². The minimum Gasteiger partial charge on any atom is -0.377 e. The van der Waals surface area contributed by atoms with E-state index < -0.39 is 10.0 Å². The first-order valence-corrected chi connectivity index (χ1v) is 8.21. The summed E-state index contributed by atoms with van der Waals surface area (Å²) in [6.45, 7) is 5.61. The fraction of sp³-hybridized carbons (Fsp3) is 0.750. The number of H-pyrrole nitrogens is 1. The van der Waals surface area contributed by atoms with E-state index in [2.05, 4.69) is 15.5 Å². The molecule has 0 aromatic carbocycles. The molecule has 2 rings (SSSR count). The molecule has 8 heteroatoms. The van der Waals surface area contributed by atoms with Gasteiger partial charge in [-0.15, -0.1) is 0 Å². The van der Waals surface area contributed by atoms with Gasteiger partial charge in [-0.1, -0.05) is 0 Å². The number of aryl methyl sites for hydroxylation is 1. The number of aromatic amines is 1. The lowest BCUT2D eigenvalue weighted by Gasteiger charge is -2.21. The number of rotatable bonds is 4. The Hall–Kier alpha value is -0.960. The maximum absolute atomic E-state index is 12.8. The zero-order valence-corrected chi connectivity index (χ0v) is 13.0. The minimum absolute atomic E-state index is 0.0972. The molecule has 0 radical (unpaired) electrons. The van der Waals surface area contributed by atoms with Crippen LogP contribution < -0.4 is 5.32 Å². The van der Waals surface area contributed by atoms with E-state index in [9.17, 15) is 8.42 Å². The Labute approximate surface area is 119 Å². The summed E-state index contributed by atoms with van der Waals surface area (Å²) < 4.78 is 32.5. The molecule has 20 heavy (non-hydrogen) atoms. The number of aromatic nitrogens is 2. The van der Waals surface area contributed by atoms with Gasteiger partial charge in [-0.3, -0.25) is 5.10 Å². The van der Waals surface area contributed by atoms with Gasteiger partial charge in [0.15, 0.2) is 5.03 Å². The second kappa shape index (κ2) is 6.21. The van der Waals surface area contributed by atoms with Gasteiger partial charge in [0.05, 0.1) is 6.10 Å². The van der Waals surface area contributed by atoms with Crippen LogP contribution in [-0.2, 0) is 21.3 Å². The van der Waals surface area contributed by atoms with Gasteiger partial charge in [-0.05, 0) is 27.3 Å². The summed E-state index contributed by atoms with van der Waals surface area (Å²) in [5.41, 5.74) is 1.47. The van der Waals surface area contributed by atoms with Crippen LogP contribution in [0.2, 0.25) is 0 Å². The molecule has 1 saturated heterocycles. The molecule has 0 aliphatic carbocycles. The van der Waals surface area contributed by atoms with Crippen molar-refractivity contribution in [2.75, 3.05) is 26.7 Å². The van der Waals surface area contributed by atoms with Crippen LogP contribution in [0.3, 0.4) is 0 Å². The van der Waals surface area contributed by atoms with E-state index in [0.717, 1.165) is 5.69 Å².